The van der Waals surface area contributed by atoms with Crippen molar-refractivity contribution in [3.63, 3.8) is 0 Å². The summed E-state index contributed by atoms with van der Waals surface area (Å²) in [7, 11) is 0. The monoisotopic (exact) mass is 318 g/mol. The summed E-state index contributed by atoms with van der Waals surface area (Å²) in [6.07, 6.45) is 3.58. The van der Waals surface area contributed by atoms with Gasteiger partial charge in [0.05, 0.1) is 21.4 Å². The zero-order chi connectivity index (χ0) is 15.5. The van der Waals surface area contributed by atoms with E-state index in [1.165, 1.54) is 10.3 Å². The Hall–Kier alpha value is -2.79. The standard InChI is InChI=1S/C18H14N4S/c1-2-9-19-15(7-1)14-6-4-10-20-18(14)21-11-13-5-3-8-16-17(13)22-12-23-16/h1-10,12H,11H2,(H,20,21). The Morgan fingerprint density at radius 3 is 2.74 bits per heavy atom. The van der Waals surface area contributed by atoms with Crippen LogP contribution in [-0.2, 0) is 6.54 Å². The van der Waals surface area contributed by atoms with Gasteiger partial charge in [0.1, 0.15) is 5.82 Å². The summed E-state index contributed by atoms with van der Waals surface area (Å²) in [5, 5.41) is 3.42. The van der Waals surface area contributed by atoms with Crippen LogP contribution in [0, 0.1) is 0 Å². The first kappa shape index (κ1) is 13.8. The fourth-order valence-electron chi connectivity index (χ4n) is 2.54. The van der Waals surface area contributed by atoms with Crippen LogP contribution in [0.25, 0.3) is 21.5 Å². The SMILES string of the molecule is c1ccc(-c2cccnc2NCc2cccc3scnc23)nc1. The molecule has 0 bridgehead atoms. The average Bonchev–Trinajstić information content (AvgIpc) is 3.10. The van der Waals surface area contributed by atoms with Crippen molar-refractivity contribution in [1.82, 2.24) is 15.0 Å². The van der Waals surface area contributed by atoms with Crippen LogP contribution >= 0.6 is 11.3 Å². The second kappa shape index (κ2) is 6.14. The van der Waals surface area contributed by atoms with E-state index in [4.69, 9.17) is 0 Å². The number of aromatic nitrogens is 3. The number of para-hydroxylation sites is 1. The van der Waals surface area contributed by atoms with Crippen molar-refractivity contribution in [2.45, 2.75) is 6.54 Å². The van der Waals surface area contributed by atoms with Crippen LogP contribution in [0.1, 0.15) is 5.56 Å². The Bertz CT molecular complexity index is 934. The number of nitrogens with zero attached hydrogens (tertiary/aromatic N) is 3. The molecular weight excluding hydrogens is 304 g/mol. The van der Waals surface area contributed by atoms with Crippen molar-refractivity contribution in [2.75, 3.05) is 5.32 Å². The molecule has 23 heavy (non-hydrogen) atoms. The smallest absolute Gasteiger partial charge is 0.135 e. The maximum atomic E-state index is 4.47. The molecule has 0 aliphatic carbocycles. The minimum atomic E-state index is 0.678. The van der Waals surface area contributed by atoms with Crippen molar-refractivity contribution in [2.24, 2.45) is 0 Å². The van der Waals surface area contributed by atoms with E-state index in [-0.39, 0.29) is 0 Å². The van der Waals surface area contributed by atoms with E-state index >= 15 is 0 Å². The molecule has 1 N–H and O–H groups in total. The van der Waals surface area contributed by atoms with Crippen molar-refractivity contribution < 1.29 is 0 Å². The molecule has 0 unspecified atom stereocenters. The second-order valence-corrected chi connectivity index (χ2v) is 5.97. The predicted molar refractivity (Wildman–Crippen MR) is 94.4 cm³/mol. The zero-order valence-corrected chi connectivity index (χ0v) is 13.1. The van der Waals surface area contributed by atoms with Crippen LogP contribution in [0.5, 0.6) is 0 Å². The highest BCUT2D eigenvalue weighted by Crippen LogP contribution is 2.26. The fourth-order valence-corrected chi connectivity index (χ4v) is 3.27. The van der Waals surface area contributed by atoms with E-state index in [9.17, 15) is 0 Å². The predicted octanol–water partition coefficient (Wildman–Crippen LogP) is 4.37. The number of thiazole rings is 1. The van der Waals surface area contributed by atoms with Gasteiger partial charge in [-0.15, -0.1) is 11.3 Å². The minimum Gasteiger partial charge on any atom is -0.365 e. The average molecular weight is 318 g/mol. The number of hydrogen-bond acceptors (Lipinski definition) is 5. The molecule has 0 amide bonds. The molecule has 0 fully saturated rings. The van der Waals surface area contributed by atoms with Gasteiger partial charge in [-0.25, -0.2) is 9.97 Å². The molecule has 3 heterocycles. The third-order valence-electron chi connectivity index (χ3n) is 3.64. The van der Waals surface area contributed by atoms with Crippen LogP contribution in [0.3, 0.4) is 0 Å². The van der Waals surface area contributed by atoms with E-state index < -0.39 is 0 Å². The van der Waals surface area contributed by atoms with Gasteiger partial charge in [-0.05, 0) is 35.9 Å². The van der Waals surface area contributed by atoms with E-state index in [2.05, 4.69) is 38.5 Å². The first-order valence-corrected chi connectivity index (χ1v) is 8.21. The Labute approximate surface area is 137 Å². The molecule has 4 rings (SSSR count). The van der Waals surface area contributed by atoms with Gasteiger partial charge >= 0.3 is 0 Å². The maximum absolute atomic E-state index is 4.47. The van der Waals surface area contributed by atoms with Crippen LogP contribution in [0.15, 0.2) is 66.4 Å². The normalized spacial score (nSPS) is 10.8. The van der Waals surface area contributed by atoms with Gasteiger partial charge in [0, 0.05) is 24.5 Å². The molecule has 4 nitrogen and oxygen atoms in total. The van der Waals surface area contributed by atoms with Crippen LogP contribution in [0.2, 0.25) is 0 Å². The summed E-state index contributed by atoms with van der Waals surface area (Å²) in [4.78, 5) is 13.3. The molecule has 0 saturated heterocycles. The van der Waals surface area contributed by atoms with Crippen molar-refractivity contribution in [3.05, 3.63) is 72.0 Å². The molecule has 112 valence electrons. The molecule has 0 saturated carbocycles. The fraction of sp³-hybridized carbons (Fsp3) is 0.0556. The number of anilines is 1. The molecule has 3 aromatic heterocycles. The van der Waals surface area contributed by atoms with Crippen LogP contribution in [-0.4, -0.2) is 15.0 Å². The van der Waals surface area contributed by atoms with Gasteiger partial charge in [-0.2, -0.15) is 0 Å². The lowest BCUT2D eigenvalue weighted by Gasteiger charge is -2.10. The third kappa shape index (κ3) is 2.78. The zero-order valence-electron chi connectivity index (χ0n) is 12.3. The molecular formula is C18H14N4S. The highest BCUT2D eigenvalue weighted by Gasteiger charge is 2.08. The highest BCUT2D eigenvalue weighted by molar-refractivity contribution is 7.16. The number of rotatable bonds is 4. The molecule has 0 aliphatic rings. The van der Waals surface area contributed by atoms with Crippen LogP contribution < -0.4 is 5.32 Å². The first-order chi connectivity index (χ1) is 11.4. The molecule has 0 spiro atoms. The topological polar surface area (TPSA) is 50.7 Å². The summed E-state index contributed by atoms with van der Waals surface area (Å²) < 4.78 is 1.20. The van der Waals surface area contributed by atoms with Crippen molar-refractivity contribution in [1.29, 1.82) is 0 Å². The highest BCUT2D eigenvalue weighted by atomic mass is 32.1. The molecule has 0 aliphatic heterocycles. The van der Waals surface area contributed by atoms with Gasteiger partial charge in [0.15, 0.2) is 0 Å². The lowest BCUT2D eigenvalue weighted by atomic mass is 10.1. The molecule has 5 heteroatoms. The Morgan fingerprint density at radius 1 is 0.870 bits per heavy atom. The first-order valence-electron chi connectivity index (χ1n) is 7.33. The van der Waals surface area contributed by atoms with Gasteiger partial charge in [-0.3, -0.25) is 4.98 Å². The molecule has 0 atom stereocenters. The van der Waals surface area contributed by atoms with Gasteiger partial charge in [0.25, 0.3) is 0 Å². The Kier molecular flexibility index (Phi) is 3.70. The lowest BCUT2D eigenvalue weighted by Crippen LogP contribution is -2.03. The summed E-state index contributed by atoms with van der Waals surface area (Å²) in [5.74, 6) is 0.832. The largest absolute Gasteiger partial charge is 0.365 e. The van der Waals surface area contributed by atoms with Gasteiger partial charge < -0.3 is 5.32 Å². The number of pyridine rings is 2. The third-order valence-corrected chi connectivity index (χ3v) is 4.43. The summed E-state index contributed by atoms with van der Waals surface area (Å²) in [5.41, 5.74) is 6.02. The Balaban J connectivity index is 1.64. The minimum absolute atomic E-state index is 0.678. The molecule has 4 aromatic rings. The van der Waals surface area contributed by atoms with Gasteiger partial charge in [0.2, 0.25) is 0 Å². The molecule has 1 aromatic carbocycles. The van der Waals surface area contributed by atoms with Crippen molar-refractivity contribution >= 4 is 27.4 Å². The summed E-state index contributed by atoms with van der Waals surface area (Å²) >= 11 is 1.66. The second-order valence-electron chi connectivity index (χ2n) is 5.08. The number of nitrogens with one attached hydrogen (secondary N) is 1. The maximum Gasteiger partial charge on any atom is 0.135 e. The van der Waals surface area contributed by atoms with E-state index in [0.29, 0.717) is 6.54 Å². The van der Waals surface area contributed by atoms with E-state index in [0.717, 1.165) is 22.6 Å². The quantitative estimate of drug-likeness (QED) is 0.607. The number of fused-ring (bicyclic) bond motifs is 1. The molecule has 0 radical (unpaired) electrons. The van der Waals surface area contributed by atoms with Crippen LogP contribution in [0.4, 0.5) is 5.82 Å². The number of benzene rings is 1. The van der Waals surface area contributed by atoms with Gasteiger partial charge in [-0.1, -0.05) is 18.2 Å². The Morgan fingerprint density at radius 2 is 1.83 bits per heavy atom. The number of hydrogen-bond donors (Lipinski definition) is 1. The summed E-state index contributed by atoms with van der Waals surface area (Å²) in [6.45, 7) is 0.678. The van der Waals surface area contributed by atoms with Crippen molar-refractivity contribution in [3.8, 4) is 11.3 Å². The summed E-state index contributed by atoms with van der Waals surface area (Å²) in [6, 6.07) is 16.1. The lowest BCUT2D eigenvalue weighted by molar-refractivity contribution is 1.12. The van der Waals surface area contributed by atoms with E-state index in [1.54, 1.807) is 23.7 Å². The van der Waals surface area contributed by atoms with E-state index in [1.807, 2.05) is 35.8 Å².